The van der Waals surface area contributed by atoms with E-state index >= 15 is 0 Å². The fraction of sp³-hybridized carbons (Fsp3) is 0.346. The summed E-state index contributed by atoms with van der Waals surface area (Å²) in [6, 6.07) is 20.2. The zero-order chi connectivity index (χ0) is 23.6. The molecule has 7 nitrogen and oxygen atoms in total. The quantitative estimate of drug-likeness (QED) is 0.228. The third kappa shape index (κ3) is 7.86. The van der Waals surface area contributed by atoms with Gasteiger partial charge in [0, 0.05) is 38.8 Å². The number of aromatic nitrogens is 2. The predicted molar refractivity (Wildman–Crippen MR) is 149 cm³/mol. The molecule has 0 spiro atoms. The smallest absolute Gasteiger partial charge is 0.224 e. The van der Waals surface area contributed by atoms with Gasteiger partial charge in [-0.1, -0.05) is 48.5 Å². The number of aliphatic imine (C=N–C) groups is 1. The summed E-state index contributed by atoms with van der Waals surface area (Å²) in [7, 11) is 1.84. The Hall–Kier alpha value is -2.88. The van der Waals surface area contributed by atoms with Gasteiger partial charge in [-0.15, -0.1) is 24.0 Å². The summed E-state index contributed by atoms with van der Waals surface area (Å²) in [4.78, 5) is 19.0. The third-order valence-corrected chi connectivity index (χ3v) is 5.30. The number of guanidine groups is 1. The van der Waals surface area contributed by atoms with Crippen LogP contribution < -0.4 is 10.6 Å². The molecule has 2 N–H and O–H groups in total. The first kappa shape index (κ1) is 27.4. The lowest BCUT2D eigenvalue weighted by molar-refractivity contribution is -0.130. The molecule has 2 aromatic carbocycles. The van der Waals surface area contributed by atoms with Crippen LogP contribution in [-0.2, 0) is 17.9 Å². The lowest BCUT2D eigenvalue weighted by Gasteiger charge is -2.18. The van der Waals surface area contributed by atoms with Gasteiger partial charge in [0.1, 0.15) is 0 Å². The summed E-state index contributed by atoms with van der Waals surface area (Å²) in [5, 5.41) is 11.2. The second-order valence-corrected chi connectivity index (χ2v) is 8.07. The Bertz CT molecular complexity index is 1080. The van der Waals surface area contributed by atoms with Crippen molar-refractivity contribution in [1.82, 2.24) is 25.3 Å². The van der Waals surface area contributed by atoms with Gasteiger partial charge in [-0.2, -0.15) is 5.10 Å². The number of carbonyl (C=O) groups is 1. The fourth-order valence-electron chi connectivity index (χ4n) is 3.65. The first-order valence-corrected chi connectivity index (χ1v) is 11.4. The number of halogens is 1. The first-order chi connectivity index (χ1) is 16.0. The van der Waals surface area contributed by atoms with Crippen LogP contribution in [0.1, 0.15) is 35.9 Å². The SMILES string of the molecule is CCNC(=NCc1ccccc1-n1nc(C)cc1C)NCCC(=O)N(C)Cc1ccccc1.I. The molecule has 182 valence electrons. The highest BCUT2D eigenvalue weighted by Crippen LogP contribution is 2.17. The second-order valence-electron chi connectivity index (χ2n) is 8.07. The van der Waals surface area contributed by atoms with E-state index in [1.807, 2.05) is 68.0 Å². The maximum atomic E-state index is 12.5. The Morgan fingerprint density at radius 3 is 2.44 bits per heavy atom. The van der Waals surface area contributed by atoms with Crippen molar-refractivity contribution in [2.45, 2.75) is 40.3 Å². The van der Waals surface area contributed by atoms with Crippen LogP contribution in [0.25, 0.3) is 5.69 Å². The van der Waals surface area contributed by atoms with E-state index in [0.717, 1.165) is 34.7 Å². The molecule has 34 heavy (non-hydrogen) atoms. The normalized spacial score (nSPS) is 11.0. The summed E-state index contributed by atoms with van der Waals surface area (Å²) in [6.07, 6.45) is 0.399. The van der Waals surface area contributed by atoms with Crippen molar-refractivity contribution in [1.29, 1.82) is 0 Å². The topological polar surface area (TPSA) is 74.5 Å². The van der Waals surface area contributed by atoms with E-state index in [4.69, 9.17) is 4.99 Å². The molecule has 0 unspecified atom stereocenters. The number of carbonyl (C=O) groups excluding carboxylic acids is 1. The van der Waals surface area contributed by atoms with Crippen molar-refractivity contribution in [3.8, 4) is 5.69 Å². The number of hydrogen-bond donors (Lipinski definition) is 2. The van der Waals surface area contributed by atoms with E-state index in [0.29, 0.717) is 32.0 Å². The molecule has 3 rings (SSSR count). The van der Waals surface area contributed by atoms with Gasteiger partial charge in [0.2, 0.25) is 5.91 Å². The van der Waals surface area contributed by atoms with Crippen LogP contribution in [-0.4, -0.2) is 46.7 Å². The summed E-state index contributed by atoms with van der Waals surface area (Å²) in [5.41, 5.74) is 5.31. The molecule has 1 heterocycles. The minimum absolute atomic E-state index is 0. The van der Waals surface area contributed by atoms with E-state index in [2.05, 4.69) is 40.9 Å². The second kappa shape index (κ2) is 13.7. The summed E-state index contributed by atoms with van der Waals surface area (Å²) in [5.74, 6) is 0.788. The van der Waals surface area contributed by atoms with Crippen LogP contribution in [0.15, 0.2) is 65.7 Å². The van der Waals surface area contributed by atoms with Crippen LogP contribution >= 0.6 is 24.0 Å². The molecule has 3 aromatic rings. The number of amides is 1. The minimum Gasteiger partial charge on any atom is -0.357 e. The van der Waals surface area contributed by atoms with E-state index in [1.54, 1.807) is 4.90 Å². The van der Waals surface area contributed by atoms with E-state index in [1.165, 1.54) is 0 Å². The van der Waals surface area contributed by atoms with Gasteiger partial charge in [-0.3, -0.25) is 4.79 Å². The van der Waals surface area contributed by atoms with Crippen LogP contribution in [0.2, 0.25) is 0 Å². The highest BCUT2D eigenvalue weighted by molar-refractivity contribution is 14.0. The van der Waals surface area contributed by atoms with Crippen molar-refractivity contribution in [2.75, 3.05) is 20.1 Å². The third-order valence-electron chi connectivity index (χ3n) is 5.30. The molecule has 0 bridgehead atoms. The summed E-state index contributed by atoms with van der Waals surface area (Å²) in [6.45, 7) is 8.45. The van der Waals surface area contributed by atoms with Crippen molar-refractivity contribution >= 4 is 35.8 Å². The van der Waals surface area contributed by atoms with Gasteiger partial charge >= 0.3 is 0 Å². The maximum Gasteiger partial charge on any atom is 0.224 e. The van der Waals surface area contributed by atoms with Crippen LogP contribution in [0.4, 0.5) is 0 Å². The number of benzene rings is 2. The highest BCUT2D eigenvalue weighted by Gasteiger charge is 2.11. The monoisotopic (exact) mass is 574 g/mol. The minimum atomic E-state index is 0. The van der Waals surface area contributed by atoms with Crippen molar-refractivity contribution in [3.05, 3.63) is 83.2 Å². The van der Waals surface area contributed by atoms with Gasteiger partial charge in [0.05, 0.1) is 17.9 Å². The number of nitrogens with zero attached hydrogens (tertiary/aromatic N) is 4. The number of nitrogens with one attached hydrogen (secondary N) is 2. The van der Waals surface area contributed by atoms with E-state index in [-0.39, 0.29) is 29.9 Å². The van der Waals surface area contributed by atoms with Gasteiger partial charge in [-0.05, 0) is 44.0 Å². The van der Waals surface area contributed by atoms with Gasteiger partial charge in [-0.25, -0.2) is 9.67 Å². The Balaban J connectivity index is 0.00000408. The molecule has 8 heteroatoms. The van der Waals surface area contributed by atoms with Crippen molar-refractivity contribution in [2.24, 2.45) is 4.99 Å². The molecule has 0 aliphatic heterocycles. The fourth-order valence-corrected chi connectivity index (χ4v) is 3.65. The summed E-state index contributed by atoms with van der Waals surface area (Å²) < 4.78 is 1.96. The van der Waals surface area contributed by atoms with Crippen molar-refractivity contribution in [3.63, 3.8) is 0 Å². The van der Waals surface area contributed by atoms with Crippen LogP contribution in [0.3, 0.4) is 0 Å². The Morgan fingerprint density at radius 1 is 1.06 bits per heavy atom. The molecule has 0 atom stereocenters. The number of hydrogen-bond acceptors (Lipinski definition) is 3. The van der Waals surface area contributed by atoms with Crippen LogP contribution in [0.5, 0.6) is 0 Å². The number of para-hydroxylation sites is 1. The molecule has 1 aromatic heterocycles. The summed E-state index contributed by atoms with van der Waals surface area (Å²) >= 11 is 0. The Kier molecular flexibility index (Phi) is 11.1. The van der Waals surface area contributed by atoms with E-state index < -0.39 is 0 Å². The average Bonchev–Trinajstić information content (AvgIpc) is 3.15. The molecule has 0 aliphatic carbocycles. The molecule has 0 fully saturated rings. The zero-order valence-corrected chi connectivity index (χ0v) is 22.7. The lowest BCUT2D eigenvalue weighted by atomic mass is 10.2. The van der Waals surface area contributed by atoms with E-state index in [9.17, 15) is 4.79 Å². The largest absolute Gasteiger partial charge is 0.357 e. The van der Waals surface area contributed by atoms with Gasteiger partial charge in [0.15, 0.2) is 5.96 Å². The van der Waals surface area contributed by atoms with Gasteiger partial charge in [0.25, 0.3) is 0 Å². The molecule has 0 radical (unpaired) electrons. The molecular formula is C26H35IN6O. The molecule has 0 saturated carbocycles. The highest BCUT2D eigenvalue weighted by atomic mass is 127. The Morgan fingerprint density at radius 2 is 1.76 bits per heavy atom. The zero-order valence-electron chi connectivity index (χ0n) is 20.4. The number of rotatable bonds is 9. The molecule has 1 amide bonds. The lowest BCUT2D eigenvalue weighted by Crippen LogP contribution is -2.39. The molecule has 0 aliphatic rings. The maximum absolute atomic E-state index is 12.5. The number of aryl methyl sites for hydroxylation is 2. The molecular weight excluding hydrogens is 539 g/mol. The average molecular weight is 575 g/mol. The predicted octanol–water partition coefficient (Wildman–Crippen LogP) is 4.21. The van der Waals surface area contributed by atoms with Gasteiger partial charge < -0.3 is 15.5 Å². The molecule has 0 saturated heterocycles. The first-order valence-electron chi connectivity index (χ1n) is 11.4. The standard InChI is InChI=1S/C26H34N6O.HI/c1-5-27-26(28-16-15-25(33)31(4)19-22-11-7-6-8-12-22)29-18-23-13-9-10-14-24(23)32-21(3)17-20(2)30-32;/h6-14,17H,5,15-16,18-19H2,1-4H3,(H2,27,28,29);1H. The Labute approximate surface area is 219 Å². The van der Waals surface area contributed by atoms with Crippen LogP contribution in [0, 0.1) is 13.8 Å². The van der Waals surface area contributed by atoms with Crippen molar-refractivity contribution < 1.29 is 4.79 Å².